The molecule has 3 nitrogen and oxygen atoms in total. The summed E-state index contributed by atoms with van der Waals surface area (Å²) in [7, 11) is 0. The van der Waals surface area contributed by atoms with Gasteiger partial charge in [-0.3, -0.25) is 4.99 Å². The highest BCUT2D eigenvalue weighted by atomic mass is 32.2. The van der Waals surface area contributed by atoms with Gasteiger partial charge in [0.05, 0.1) is 18.7 Å². The van der Waals surface area contributed by atoms with Gasteiger partial charge in [-0.05, 0) is 11.1 Å². The van der Waals surface area contributed by atoms with Crippen molar-refractivity contribution in [2.45, 2.75) is 18.6 Å². The van der Waals surface area contributed by atoms with Crippen LogP contribution in [0, 0.1) is 0 Å². The normalized spacial score (nSPS) is 27.7. The molecule has 16 heavy (non-hydrogen) atoms. The lowest BCUT2D eigenvalue weighted by molar-refractivity contribution is 0.151. The van der Waals surface area contributed by atoms with E-state index in [2.05, 4.69) is 22.4 Å². The Morgan fingerprint density at radius 3 is 3.06 bits per heavy atom. The summed E-state index contributed by atoms with van der Waals surface area (Å²) in [6, 6.07) is 8.23. The number of aliphatic hydroxyl groups excluding tert-OH is 1. The van der Waals surface area contributed by atoms with Crippen molar-refractivity contribution in [3.63, 3.8) is 0 Å². The van der Waals surface area contributed by atoms with Gasteiger partial charge in [0.2, 0.25) is 0 Å². The molecule has 0 aromatic heterocycles. The van der Waals surface area contributed by atoms with Gasteiger partial charge in [0.25, 0.3) is 0 Å². The largest absolute Gasteiger partial charge is 0.390 e. The Balaban J connectivity index is 1.84. The maximum atomic E-state index is 10.0. The number of aliphatic hydroxyl groups is 1. The maximum Gasteiger partial charge on any atom is 0.157 e. The van der Waals surface area contributed by atoms with E-state index in [9.17, 15) is 5.11 Å². The average Bonchev–Trinajstić information content (AvgIpc) is 2.89. The highest BCUT2D eigenvalue weighted by molar-refractivity contribution is 8.14. The maximum absolute atomic E-state index is 10.0. The highest BCUT2D eigenvalue weighted by Crippen LogP contribution is 2.32. The van der Waals surface area contributed by atoms with Gasteiger partial charge >= 0.3 is 0 Å². The number of amidine groups is 1. The van der Waals surface area contributed by atoms with Crippen molar-refractivity contribution in [1.82, 2.24) is 5.32 Å². The minimum atomic E-state index is -0.332. The van der Waals surface area contributed by atoms with Crippen LogP contribution in [0.1, 0.15) is 17.2 Å². The molecule has 1 aliphatic heterocycles. The van der Waals surface area contributed by atoms with Crippen molar-refractivity contribution in [2.75, 3.05) is 12.3 Å². The predicted octanol–water partition coefficient (Wildman–Crippen LogP) is 1.34. The van der Waals surface area contributed by atoms with E-state index in [4.69, 9.17) is 0 Å². The number of thioether (sulfide) groups is 1. The molecule has 0 bridgehead atoms. The molecule has 0 saturated carbocycles. The lowest BCUT2D eigenvalue weighted by atomic mass is 10.1. The monoisotopic (exact) mass is 234 g/mol. The Morgan fingerprint density at radius 1 is 1.38 bits per heavy atom. The van der Waals surface area contributed by atoms with Crippen LogP contribution in [-0.2, 0) is 6.42 Å². The zero-order valence-electron chi connectivity index (χ0n) is 8.89. The second-order valence-corrected chi connectivity index (χ2v) is 5.21. The number of hydrogen-bond acceptors (Lipinski definition) is 4. The zero-order valence-corrected chi connectivity index (χ0v) is 9.70. The Morgan fingerprint density at radius 2 is 2.25 bits per heavy atom. The Bertz CT molecular complexity index is 433. The molecule has 1 aromatic carbocycles. The van der Waals surface area contributed by atoms with Gasteiger partial charge in [-0.25, -0.2) is 0 Å². The molecule has 4 heteroatoms. The first-order valence-corrected chi connectivity index (χ1v) is 6.53. The molecule has 0 spiro atoms. The molecule has 2 unspecified atom stereocenters. The van der Waals surface area contributed by atoms with Crippen molar-refractivity contribution in [3.8, 4) is 0 Å². The molecular weight excluding hydrogens is 220 g/mol. The first-order valence-electron chi connectivity index (χ1n) is 5.54. The molecule has 2 N–H and O–H groups in total. The van der Waals surface area contributed by atoms with Crippen molar-refractivity contribution in [3.05, 3.63) is 35.4 Å². The van der Waals surface area contributed by atoms with Crippen LogP contribution >= 0.6 is 11.8 Å². The van der Waals surface area contributed by atoms with Crippen molar-refractivity contribution in [2.24, 2.45) is 4.99 Å². The smallest absolute Gasteiger partial charge is 0.157 e. The summed E-state index contributed by atoms with van der Waals surface area (Å²) < 4.78 is 0. The molecule has 0 fully saturated rings. The molecule has 84 valence electrons. The van der Waals surface area contributed by atoms with Crippen molar-refractivity contribution in [1.29, 1.82) is 0 Å². The number of nitrogens with zero attached hydrogens (tertiary/aromatic N) is 1. The van der Waals surface area contributed by atoms with Gasteiger partial charge in [-0.2, -0.15) is 0 Å². The van der Waals surface area contributed by atoms with Gasteiger partial charge in [-0.15, -0.1) is 0 Å². The standard InChI is InChI=1S/C12H14N2OS/c15-10-7-8-3-1-2-4-9(8)11(10)14-12-13-5-6-16-12/h1-4,10-11,15H,5-7H2,(H,13,14). The van der Waals surface area contributed by atoms with Gasteiger partial charge in [0.15, 0.2) is 5.17 Å². The molecule has 3 rings (SSSR count). The van der Waals surface area contributed by atoms with Crippen molar-refractivity contribution >= 4 is 16.9 Å². The van der Waals surface area contributed by atoms with E-state index in [0.29, 0.717) is 0 Å². The summed E-state index contributed by atoms with van der Waals surface area (Å²) in [4.78, 5) is 4.36. The average molecular weight is 234 g/mol. The third-order valence-electron chi connectivity index (χ3n) is 3.07. The van der Waals surface area contributed by atoms with E-state index in [1.165, 1.54) is 11.1 Å². The van der Waals surface area contributed by atoms with E-state index in [1.807, 2.05) is 12.1 Å². The zero-order chi connectivity index (χ0) is 11.0. The van der Waals surface area contributed by atoms with Crippen LogP contribution in [0.15, 0.2) is 29.3 Å². The molecular formula is C12H14N2OS. The highest BCUT2D eigenvalue weighted by Gasteiger charge is 2.31. The molecule has 0 amide bonds. The first kappa shape index (κ1) is 10.2. The van der Waals surface area contributed by atoms with E-state index < -0.39 is 0 Å². The Labute approximate surface area is 99.0 Å². The molecule has 2 aliphatic rings. The van der Waals surface area contributed by atoms with Gasteiger partial charge < -0.3 is 10.4 Å². The van der Waals surface area contributed by atoms with Crippen LogP contribution < -0.4 is 5.32 Å². The number of fused-ring (bicyclic) bond motifs is 1. The summed E-state index contributed by atoms with van der Waals surface area (Å²) in [5, 5.41) is 14.4. The van der Waals surface area contributed by atoms with Crippen LogP contribution in [0.25, 0.3) is 0 Å². The van der Waals surface area contributed by atoms with Gasteiger partial charge in [-0.1, -0.05) is 36.0 Å². The number of benzene rings is 1. The lowest BCUT2D eigenvalue weighted by Crippen LogP contribution is -2.31. The van der Waals surface area contributed by atoms with Crippen LogP contribution in [0.4, 0.5) is 0 Å². The minimum Gasteiger partial charge on any atom is -0.390 e. The van der Waals surface area contributed by atoms with Crippen LogP contribution in [0.2, 0.25) is 0 Å². The molecule has 1 aliphatic carbocycles. The van der Waals surface area contributed by atoms with Crippen LogP contribution in [0.5, 0.6) is 0 Å². The fourth-order valence-electron chi connectivity index (χ4n) is 2.30. The van der Waals surface area contributed by atoms with E-state index in [0.717, 1.165) is 23.9 Å². The fraction of sp³-hybridized carbons (Fsp3) is 0.417. The van der Waals surface area contributed by atoms with E-state index >= 15 is 0 Å². The summed E-state index contributed by atoms with van der Waals surface area (Å²) >= 11 is 1.73. The second-order valence-electron chi connectivity index (χ2n) is 4.13. The summed E-state index contributed by atoms with van der Waals surface area (Å²) in [5.74, 6) is 1.05. The molecule has 1 heterocycles. The van der Waals surface area contributed by atoms with E-state index in [-0.39, 0.29) is 12.1 Å². The number of hydrogen-bond donors (Lipinski definition) is 2. The van der Waals surface area contributed by atoms with Crippen molar-refractivity contribution < 1.29 is 5.11 Å². The lowest BCUT2D eigenvalue weighted by Gasteiger charge is -2.18. The first-order chi connectivity index (χ1) is 7.84. The molecule has 0 saturated heterocycles. The topological polar surface area (TPSA) is 44.6 Å². The second kappa shape index (κ2) is 4.11. The Kier molecular flexibility index (Phi) is 2.61. The van der Waals surface area contributed by atoms with Gasteiger partial charge in [0, 0.05) is 12.2 Å². The molecule has 1 aromatic rings. The molecule has 2 atom stereocenters. The minimum absolute atomic E-state index is 0.0144. The number of aliphatic imine (C=N–C) groups is 1. The quantitative estimate of drug-likeness (QED) is 0.770. The summed E-state index contributed by atoms with van der Waals surface area (Å²) in [5.41, 5.74) is 2.46. The van der Waals surface area contributed by atoms with Crippen LogP contribution in [0.3, 0.4) is 0 Å². The Hall–Kier alpha value is -1.000. The summed E-state index contributed by atoms with van der Waals surface area (Å²) in [6.45, 7) is 0.886. The summed E-state index contributed by atoms with van der Waals surface area (Å²) in [6.07, 6.45) is 0.410. The predicted molar refractivity (Wildman–Crippen MR) is 66.8 cm³/mol. The van der Waals surface area contributed by atoms with E-state index in [1.54, 1.807) is 11.8 Å². The van der Waals surface area contributed by atoms with Gasteiger partial charge in [0.1, 0.15) is 0 Å². The SMILES string of the molecule is OC1Cc2ccccc2C1NC1=NCCS1. The third-order valence-corrected chi connectivity index (χ3v) is 3.98. The fourth-order valence-corrected chi connectivity index (χ4v) is 3.07. The van der Waals surface area contributed by atoms with Crippen LogP contribution in [-0.4, -0.2) is 28.7 Å². The third kappa shape index (κ3) is 1.72. The number of rotatable bonds is 1. The molecule has 0 radical (unpaired) electrons. The number of nitrogens with one attached hydrogen (secondary N) is 1.